The van der Waals surface area contributed by atoms with E-state index >= 15 is 0 Å². The molecule has 2 aromatic heterocycles. The molecule has 1 spiro atoms. The maximum absolute atomic E-state index is 13.6. The zero-order chi connectivity index (χ0) is 29.8. The topological polar surface area (TPSA) is 96.2 Å². The summed E-state index contributed by atoms with van der Waals surface area (Å²) in [5, 5.41) is 2.90. The third kappa shape index (κ3) is 6.76. The molecule has 2 aliphatic heterocycles. The molecule has 0 bridgehead atoms. The van der Waals surface area contributed by atoms with Crippen molar-refractivity contribution in [1.29, 1.82) is 0 Å². The normalized spacial score (nSPS) is 19.6. The summed E-state index contributed by atoms with van der Waals surface area (Å²) in [6.45, 7) is 16.2. The van der Waals surface area contributed by atoms with E-state index in [1.54, 1.807) is 63.7 Å². The van der Waals surface area contributed by atoms with Crippen LogP contribution in [0.15, 0.2) is 72.3 Å². The summed E-state index contributed by atoms with van der Waals surface area (Å²) in [6.07, 6.45) is 8.95. The highest BCUT2D eigenvalue weighted by Gasteiger charge is 2.48. The van der Waals surface area contributed by atoms with Crippen LogP contribution in [0.3, 0.4) is 0 Å². The molecule has 1 amide bonds. The van der Waals surface area contributed by atoms with Gasteiger partial charge in [0, 0.05) is 44.8 Å². The highest BCUT2D eigenvalue weighted by molar-refractivity contribution is 7.89. The lowest BCUT2D eigenvalue weighted by Gasteiger charge is -2.47. The van der Waals surface area contributed by atoms with Crippen LogP contribution in [0.25, 0.3) is 5.65 Å². The lowest BCUT2D eigenvalue weighted by atomic mass is 9.86. The predicted octanol–water partition coefficient (Wildman–Crippen LogP) is 5.20. The molecule has 0 aliphatic carbocycles. The van der Waals surface area contributed by atoms with Crippen molar-refractivity contribution in [3.63, 3.8) is 0 Å². The van der Waals surface area contributed by atoms with Gasteiger partial charge in [-0.1, -0.05) is 26.0 Å². The number of hydrogen-bond acceptors (Lipinski definition) is 6. The third-order valence-electron chi connectivity index (χ3n) is 7.53. The second-order valence-electron chi connectivity index (χ2n) is 11.5. The van der Waals surface area contributed by atoms with Gasteiger partial charge in [0.05, 0.1) is 16.0 Å². The fourth-order valence-electron chi connectivity index (χ4n) is 5.61. The number of nitrogens with one attached hydrogen (secondary N) is 1. The molecule has 3 aromatic rings. The first-order chi connectivity index (χ1) is 19.5. The first-order valence-electron chi connectivity index (χ1n) is 14.4. The Bertz CT molecular complexity index is 1480. The van der Waals surface area contributed by atoms with Crippen LogP contribution in [-0.2, 0) is 21.3 Å². The highest BCUT2D eigenvalue weighted by atomic mass is 32.2. The number of piperidine rings is 1. The molecule has 1 N–H and O–H groups in total. The average Bonchev–Trinajstić information content (AvgIpc) is 3.60. The van der Waals surface area contributed by atoms with Gasteiger partial charge < -0.3 is 19.4 Å². The molecule has 2 aliphatic rings. The summed E-state index contributed by atoms with van der Waals surface area (Å²) >= 11 is 0. The van der Waals surface area contributed by atoms with E-state index in [-0.39, 0.29) is 21.9 Å². The second kappa shape index (κ2) is 12.2. The number of hydrogen-bond donors (Lipinski definition) is 1. The smallest absolute Gasteiger partial charge is 0.253 e. The molecule has 5 rings (SSSR count). The number of benzene rings is 1. The van der Waals surface area contributed by atoms with Crippen LogP contribution in [0.2, 0.25) is 0 Å². The van der Waals surface area contributed by atoms with E-state index in [4.69, 9.17) is 4.74 Å². The van der Waals surface area contributed by atoms with Crippen LogP contribution in [-0.4, -0.2) is 63.7 Å². The Hall–Kier alpha value is -3.37. The van der Waals surface area contributed by atoms with Crippen molar-refractivity contribution in [2.24, 2.45) is 0 Å². The maximum Gasteiger partial charge on any atom is 0.253 e. The molecule has 10 heteroatoms. The Balaban J connectivity index is 0.00000189. The zero-order valence-corrected chi connectivity index (χ0v) is 25.7. The highest BCUT2D eigenvalue weighted by Crippen LogP contribution is 2.41. The standard InChI is InChI=1S/C29H37N5O4S.C2H6/c1-22(38-28(2,3)4)34-16-6-5-13-29(34)14-17-33(21-29)39(36,37)25-10-7-23(8-11-25)19-31-27(35)24-9-12-26-30-15-18-32(26)20-24;1-2/h7-12,15,18,20H,1,5-6,13-14,16-17,19,21H2,2-4H3,(H,31,35);1-2H3. The van der Waals surface area contributed by atoms with Gasteiger partial charge in [-0.3, -0.25) is 4.79 Å². The molecule has 1 atom stereocenters. The molecule has 9 nitrogen and oxygen atoms in total. The minimum Gasteiger partial charge on any atom is -0.474 e. The van der Waals surface area contributed by atoms with Gasteiger partial charge in [0.15, 0.2) is 5.88 Å². The van der Waals surface area contributed by atoms with Crippen molar-refractivity contribution < 1.29 is 17.9 Å². The van der Waals surface area contributed by atoms with Gasteiger partial charge in [-0.05, 0) is 82.9 Å². The number of carbonyl (C=O) groups is 1. The first kappa shape index (κ1) is 30.6. The number of carbonyl (C=O) groups excluding carboxylic acids is 1. The van der Waals surface area contributed by atoms with Crippen molar-refractivity contribution in [2.45, 2.75) is 82.9 Å². The summed E-state index contributed by atoms with van der Waals surface area (Å²) in [6, 6.07) is 10.3. The van der Waals surface area contributed by atoms with Gasteiger partial charge in [0.2, 0.25) is 10.0 Å². The summed E-state index contributed by atoms with van der Waals surface area (Å²) in [4.78, 5) is 19.3. The third-order valence-corrected chi connectivity index (χ3v) is 9.39. The quantitative estimate of drug-likeness (QED) is 0.386. The van der Waals surface area contributed by atoms with E-state index in [1.807, 2.05) is 34.6 Å². The SMILES string of the molecule is C=C(OC(C)(C)C)N1CCCCC12CCN(S(=O)(=O)c1ccc(CNC(=O)c3ccc4nccn4c3)cc1)C2.CC. The molecule has 2 fully saturated rings. The number of sulfonamides is 1. The number of ether oxygens (including phenoxy) is 1. The van der Waals surface area contributed by atoms with Crippen LogP contribution < -0.4 is 5.32 Å². The molecule has 2 saturated heterocycles. The molecule has 41 heavy (non-hydrogen) atoms. The van der Waals surface area contributed by atoms with E-state index in [0.717, 1.165) is 43.4 Å². The van der Waals surface area contributed by atoms with E-state index in [0.29, 0.717) is 31.1 Å². The van der Waals surface area contributed by atoms with E-state index in [1.165, 1.54) is 0 Å². The number of imidazole rings is 1. The Morgan fingerprint density at radius 2 is 1.80 bits per heavy atom. The Morgan fingerprint density at radius 1 is 1.07 bits per heavy atom. The van der Waals surface area contributed by atoms with Gasteiger partial charge in [-0.2, -0.15) is 4.31 Å². The molecule has 222 valence electrons. The number of likely N-dealkylation sites (tertiary alicyclic amines) is 1. The van der Waals surface area contributed by atoms with E-state index in [2.05, 4.69) is 21.8 Å². The Labute approximate surface area is 244 Å². The molecule has 0 radical (unpaired) electrons. The van der Waals surface area contributed by atoms with E-state index in [9.17, 15) is 13.2 Å². The molecular weight excluding hydrogens is 538 g/mol. The number of nitrogens with zero attached hydrogens (tertiary/aromatic N) is 4. The van der Waals surface area contributed by atoms with E-state index < -0.39 is 10.0 Å². The summed E-state index contributed by atoms with van der Waals surface area (Å²) < 4.78 is 36.7. The van der Waals surface area contributed by atoms with Crippen LogP contribution in [0.5, 0.6) is 0 Å². The van der Waals surface area contributed by atoms with Crippen molar-refractivity contribution in [2.75, 3.05) is 19.6 Å². The van der Waals surface area contributed by atoms with Crippen LogP contribution in [0, 0.1) is 0 Å². The predicted molar refractivity (Wildman–Crippen MR) is 161 cm³/mol. The fraction of sp³-hybridized carbons (Fsp3) is 0.484. The maximum atomic E-state index is 13.6. The molecule has 1 unspecified atom stereocenters. The Morgan fingerprint density at radius 3 is 2.51 bits per heavy atom. The lowest BCUT2D eigenvalue weighted by molar-refractivity contribution is -0.0422. The molecular formula is C31H43N5O4S. The van der Waals surface area contributed by atoms with Crippen molar-refractivity contribution >= 4 is 21.6 Å². The van der Waals surface area contributed by atoms with Gasteiger partial charge in [0.1, 0.15) is 11.2 Å². The average molecular weight is 582 g/mol. The number of rotatable bonds is 7. The summed E-state index contributed by atoms with van der Waals surface area (Å²) in [5.74, 6) is 0.413. The minimum absolute atomic E-state index is 0.210. The molecule has 4 heterocycles. The lowest BCUT2D eigenvalue weighted by Crippen LogP contribution is -2.54. The number of amides is 1. The first-order valence-corrected chi connectivity index (χ1v) is 15.9. The largest absolute Gasteiger partial charge is 0.474 e. The Kier molecular flexibility index (Phi) is 9.13. The van der Waals surface area contributed by atoms with Crippen LogP contribution >= 0.6 is 0 Å². The van der Waals surface area contributed by atoms with Gasteiger partial charge in [0.25, 0.3) is 5.91 Å². The minimum atomic E-state index is -3.66. The molecule has 0 saturated carbocycles. The molecule has 1 aromatic carbocycles. The number of fused-ring (bicyclic) bond motifs is 1. The van der Waals surface area contributed by atoms with Crippen molar-refractivity contribution in [1.82, 2.24) is 23.9 Å². The van der Waals surface area contributed by atoms with Crippen LogP contribution in [0.4, 0.5) is 0 Å². The van der Waals surface area contributed by atoms with Gasteiger partial charge in [-0.25, -0.2) is 13.4 Å². The fourth-order valence-corrected chi connectivity index (χ4v) is 7.13. The summed E-state index contributed by atoms with van der Waals surface area (Å²) in [7, 11) is -3.66. The zero-order valence-electron chi connectivity index (χ0n) is 24.9. The van der Waals surface area contributed by atoms with Gasteiger partial charge in [-0.15, -0.1) is 0 Å². The van der Waals surface area contributed by atoms with Crippen LogP contribution in [0.1, 0.15) is 76.2 Å². The number of aromatic nitrogens is 2. The van der Waals surface area contributed by atoms with Crippen molar-refractivity contribution in [3.8, 4) is 0 Å². The summed E-state index contributed by atoms with van der Waals surface area (Å²) in [5.41, 5.74) is 1.45. The number of pyridine rings is 1. The van der Waals surface area contributed by atoms with Gasteiger partial charge >= 0.3 is 0 Å². The van der Waals surface area contributed by atoms with Crippen molar-refractivity contribution in [3.05, 3.63) is 78.6 Å². The second-order valence-corrected chi connectivity index (χ2v) is 13.4. The monoisotopic (exact) mass is 581 g/mol.